The molecule has 1 aliphatic carbocycles. The van der Waals surface area contributed by atoms with Crippen LogP contribution in [0.3, 0.4) is 0 Å². The molecule has 1 fully saturated rings. The van der Waals surface area contributed by atoms with Crippen LogP contribution in [-0.4, -0.2) is 52.5 Å². The van der Waals surface area contributed by atoms with Gasteiger partial charge in [-0.25, -0.2) is 9.78 Å². The van der Waals surface area contributed by atoms with Crippen LogP contribution in [-0.2, 0) is 11.5 Å². The monoisotopic (exact) mass is 411 g/mol. The Kier molecular flexibility index (Phi) is 5.92. The van der Waals surface area contributed by atoms with Crippen LogP contribution in [0.15, 0.2) is 12.3 Å². The Bertz CT molecular complexity index is 817. The minimum absolute atomic E-state index is 0.0165. The van der Waals surface area contributed by atoms with Gasteiger partial charge < -0.3 is 25.0 Å². The summed E-state index contributed by atoms with van der Waals surface area (Å²) < 4.78 is 7.74. The number of nitrogens with one attached hydrogen (secondary N) is 2. The SMILES string of the molecule is C[Si](C)(C)CCOCn1ccc2c(N[C@H]3C[C@H](NC(=O)O)C3)nc(Cl)nc21. The van der Waals surface area contributed by atoms with Gasteiger partial charge in [0.2, 0.25) is 5.28 Å². The molecule has 3 rings (SSSR count). The van der Waals surface area contributed by atoms with Gasteiger partial charge in [-0.3, -0.25) is 0 Å². The lowest BCUT2D eigenvalue weighted by Gasteiger charge is -2.35. The van der Waals surface area contributed by atoms with Crippen molar-refractivity contribution in [2.24, 2.45) is 0 Å². The Morgan fingerprint density at radius 2 is 2.11 bits per heavy atom. The average Bonchev–Trinajstić information content (AvgIpc) is 2.91. The number of anilines is 1. The maximum absolute atomic E-state index is 10.7. The van der Waals surface area contributed by atoms with Gasteiger partial charge in [0.15, 0.2) is 0 Å². The van der Waals surface area contributed by atoms with E-state index in [9.17, 15) is 4.79 Å². The van der Waals surface area contributed by atoms with E-state index in [1.807, 2.05) is 16.8 Å². The van der Waals surface area contributed by atoms with Gasteiger partial charge in [-0.05, 0) is 36.6 Å². The number of carboxylic acid groups (broad SMARTS) is 1. The second kappa shape index (κ2) is 8.03. The fourth-order valence-electron chi connectivity index (χ4n) is 3.02. The summed E-state index contributed by atoms with van der Waals surface area (Å²) in [5.74, 6) is 0.671. The Hall–Kier alpha value is -1.84. The van der Waals surface area contributed by atoms with Crippen molar-refractivity contribution in [3.8, 4) is 0 Å². The molecule has 10 heteroatoms. The number of fused-ring (bicyclic) bond motifs is 1. The topological polar surface area (TPSA) is 101 Å². The lowest BCUT2D eigenvalue weighted by molar-refractivity contribution is 0.0899. The summed E-state index contributed by atoms with van der Waals surface area (Å²) in [6.45, 7) is 8.13. The molecule has 148 valence electrons. The van der Waals surface area contributed by atoms with Gasteiger partial charge >= 0.3 is 6.09 Å². The normalized spacial score (nSPS) is 19.7. The number of hydrogen-bond acceptors (Lipinski definition) is 5. The number of nitrogens with zero attached hydrogens (tertiary/aromatic N) is 3. The van der Waals surface area contributed by atoms with Crippen LogP contribution in [0.5, 0.6) is 0 Å². The Morgan fingerprint density at radius 1 is 1.37 bits per heavy atom. The van der Waals surface area contributed by atoms with Crippen LogP contribution in [0.4, 0.5) is 10.6 Å². The standard InChI is InChI=1S/C17H26ClN5O3Si/c1-27(2,3)7-6-26-10-23-5-4-13-14(21-16(18)22-15(13)23)19-11-8-12(9-11)20-17(24)25/h4-5,11-12,20H,6-10H2,1-3H3,(H,24,25)(H,19,21,22)/t11-,12-. The zero-order valence-electron chi connectivity index (χ0n) is 15.8. The number of hydrogen-bond donors (Lipinski definition) is 3. The molecule has 1 saturated carbocycles. The number of amides is 1. The second-order valence-corrected chi connectivity index (χ2v) is 14.1. The fraction of sp³-hybridized carbons (Fsp3) is 0.588. The molecule has 1 amide bonds. The van der Waals surface area contributed by atoms with E-state index in [0.29, 0.717) is 12.5 Å². The van der Waals surface area contributed by atoms with Gasteiger partial charge in [-0.15, -0.1) is 0 Å². The first-order valence-electron chi connectivity index (χ1n) is 9.07. The molecule has 3 N–H and O–H groups in total. The minimum atomic E-state index is -1.12. The van der Waals surface area contributed by atoms with E-state index >= 15 is 0 Å². The number of aromatic nitrogens is 3. The van der Waals surface area contributed by atoms with Crippen molar-refractivity contribution in [2.75, 3.05) is 11.9 Å². The van der Waals surface area contributed by atoms with Crippen molar-refractivity contribution in [3.05, 3.63) is 17.5 Å². The third-order valence-electron chi connectivity index (χ3n) is 4.62. The Morgan fingerprint density at radius 3 is 2.78 bits per heavy atom. The first-order chi connectivity index (χ1) is 12.7. The number of rotatable bonds is 8. The van der Waals surface area contributed by atoms with Crippen LogP contribution in [0.2, 0.25) is 31.0 Å². The smallest absolute Gasteiger partial charge is 0.404 e. The van der Waals surface area contributed by atoms with E-state index in [1.54, 1.807) is 0 Å². The molecule has 0 aromatic carbocycles. The van der Waals surface area contributed by atoms with Crippen LogP contribution in [0.25, 0.3) is 11.0 Å². The highest BCUT2D eigenvalue weighted by molar-refractivity contribution is 6.76. The third kappa shape index (κ3) is 5.33. The van der Waals surface area contributed by atoms with Crippen LogP contribution >= 0.6 is 11.6 Å². The van der Waals surface area contributed by atoms with Crippen molar-refractivity contribution in [3.63, 3.8) is 0 Å². The lowest BCUT2D eigenvalue weighted by Crippen LogP contribution is -2.49. The van der Waals surface area contributed by atoms with Gasteiger partial charge in [-0.2, -0.15) is 4.98 Å². The van der Waals surface area contributed by atoms with Gasteiger partial charge in [0.1, 0.15) is 18.2 Å². The van der Waals surface area contributed by atoms with E-state index in [-0.39, 0.29) is 17.4 Å². The molecule has 27 heavy (non-hydrogen) atoms. The maximum atomic E-state index is 10.7. The predicted octanol–water partition coefficient (Wildman–Crippen LogP) is 3.61. The van der Waals surface area contributed by atoms with Gasteiger partial charge in [0.05, 0.1) is 5.39 Å². The molecule has 1 aliphatic rings. The van der Waals surface area contributed by atoms with Crippen LogP contribution < -0.4 is 10.6 Å². The molecule has 0 bridgehead atoms. The van der Waals surface area contributed by atoms with E-state index in [2.05, 4.69) is 40.2 Å². The molecule has 2 aromatic heterocycles. The Labute approximate surface area is 164 Å². The van der Waals surface area contributed by atoms with Gasteiger partial charge in [0.25, 0.3) is 0 Å². The number of halogens is 1. The van der Waals surface area contributed by atoms with E-state index in [0.717, 1.165) is 36.5 Å². The highest BCUT2D eigenvalue weighted by atomic mass is 35.5. The summed E-state index contributed by atoms with van der Waals surface area (Å²) in [5, 5.41) is 15.6. The van der Waals surface area contributed by atoms with Crippen molar-refractivity contribution >= 4 is 42.6 Å². The van der Waals surface area contributed by atoms with Gasteiger partial charge in [0, 0.05) is 33.0 Å². The summed E-state index contributed by atoms with van der Waals surface area (Å²) in [7, 11) is -1.12. The maximum Gasteiger partial charge on any atom is 0.404 e. The number of ether oxygens (including phenoxy) is 1. The van der Waals surface area contributed by atoms with Crippen molar-refractivity contribution < 1.29 is 14.6 Å². The quantitative estimate of drug-likeness (QED) is 0.348. The van der Waals surface area contributed by atoms with Crippen molar-refractivity contribution in [2.45, 2.75) is 57.3 Å². The van der Waals surface area contributed by atoms with Crippen molar-refractivity contribution in [1.29, 1.82) is 0 Å². The molecular formula is C17H26ClN5O3Si. The fourth-order valence-corrected chi connectivity index (χ4v) is 3.94. The Balaban J connectivity index is 1.64. The average molecular weight is 412 g/mol. The highest BCUT2D eigenvalue weighted by Crippen LogP contribution is 2.29. The first-order valence-corrected chi connectivity index (χ1v) is 13.2. The molecule has 2 aromatic rings. The molecule has 8 nitrogen and oxygen atoms in total. The number of carbonyl (C=O) groups is 1. The van der Waals surface area contributed by atoms with Crippen LogP contribution in [0, 0.1) is 0 Å². The summed E-state index contributed by atoms with van der Waals surface area (Å²) in [6.07, 6.45) is 2.37. The first kappa shape index (κ1) is 19.9. The van der Waals surface area contributed by atoms with E-state index in [1.165, 1.54) is 0 Å². The van der Waals surface area contributed by atoms with E-state index in [4.69, 9.17) is 21.4 Å². The molecule has 2 heterocycles. The summed E-state index contributed by atoms with van der Waals surface area (Å²) in [5.41, 5.74) is 0.727. The van der Waals surface area contributed by atoms with Crippen molar-refractivity contribution in [1.82, 2.24) is 19.9 Å². The zero-order chi connectivity index (χ0) is 19.6. The minimum Gasteiger partial charge on any atom is -0.465 e. The molecule has 0 aliphatic heterocycles. The highest BCUT2D eigenvalue weighted by Gasteiger charge is 2.31. The summed E-state index contributed by atoms with van der Waals surface area (Å²) >= 11 is 6.12. The second-order valence-electron chi connectivity index (χ2n) is 8.17. The molecule has 0 unspecified atom stereocenters. The molecule has 0 radical (unpaired) electrons. The predicted molar refractivity (Wildman–Crippen MR) is 108 cm³/mol. The zero-order valence-corrected chi connectivity index (χ0v) is 17.6. The molecule has 0 atom stereocenters. The van der Waals surface area contributed by atoms with Gasteiger partial charge in [-0.1, -0.05) is 19.6 Å². The molecular weight excluding hydrogens is 386 g/mol. The largest absolute Gasteiger partial charge is 0.465 e. The lowest BCUT2D eigenvalue weighted by atomic mass is 9.87. The van der Waals surface area contributed by atoms with E-state index < -0.39 is 14.2 Å². The van der Waals surface area contributed by atoms with Crippen LogP contribution in [0.1, 0.15) is 12.8 Å². The summed E-state index contributed by atoms with van der Waals surface area (Å²) in [4.78, 5) is 19.3. The molecule has 0 saturated heterocycles. The molecule has 0 spiro atoms. The third-order valence-corrected chi connectivity index (χ3v) is 6.50. The summed E-state index contributed by atoms with van der Waals surface area (Å²) in [6, 6.07) is 3.20.